The van der Waals surface area contributed by atoms with E-state index in [0.717, 1.165) is 12.2 Å². The molecule has 0 aromatic rings. The minimum atomic E-state index is 0.680. The Kier molecular flexibility index (Phi) is 2.11. The van der Waals surface area contributed by atoms with Crippen molar-refractivity contribution in [1.82, 2.24) is 0 Å². The molecular formula is C8H8NO. The summed E-state index contributed by atoms with van der Waals surface area (Å²) in [4.78, 5) is 0. The van der Waals surface area contributed by atoms with Gasteiger partial charge in [-0.2, -0.15) is 5.26 Å². The van der Waals surface area contributed by atoms with Crippen molar-refractivity contribution in [3.63, 3.8) is 0 Å². The minimum absolute atomic E-state index is 0.680. The average molecular weight is 134 g/mol. The summed E-state index contributed by atoms with van der Waals surface area (Å²) in [6, 6.07) is 2.05. The number of nitriles is 1. The summed E-state index contributed by atoms with van der Waals surface area (Å²) in [5, 5.41) is 8.47. The average Bonchev–Trinajstić information content (AvgIpc) is 2.05. The fourth-order valence-electron chi connectivity index (χ4n) is 0.793. The number of hydrogen-bond donors (Lipinski definition) is 0. The van der Waals surface area contributed by atoms with E-state index >= 15 is 0 Å². The number of ether oxygens (including phenoxy) is 1. The molecule has 0 unspecified atom stereocenters. The van der Waals surface area contributed by atoms with Gasteiger partial charge < -0.3 is 4.74 Å². The van der Waals surface area contributed by atoms with Crippen LogP contribution in [-0.4, -0.2) is 7.11 Å². The maximum absolute atomic E-state index is 8.47. The van der Waals surface area contributed by atoms with Crippen LogP contribution < -0.4 is 0 Å². The third-order valence-electron chi connectivity index (χ3n) is 1.32. The molecule has 1 rings (SSSR count). The van der Waals surface area contributed by atoms with Gasteiger partial charge in [0.15, 0.2) is 0 Å². The van der Waals surface area contributed by atoms with Gasteiger partial charge in [0.1, 0.15) is 5.76 Å². The molecule has 0 aliphatic heterocycles. The van der Waals surface area contributed by atoms with E-state index in [1.807, 2.05) is 12.5 Å². The number of rotatable bonds is 1. The van der Waals surface area contributed by atoms with Crippen molar-refractivity contribution in [2.45, 2.75) is 6.42 Å². The van der Waals surface area contributed by atoms with Crippen molar-refractivity contribution in [3.05, 3.63) is 29.9 Å². The second-order valence-corrected chi connectivity index (χ2v) is 1.96. The van der Waals surface area contributed by atoms with Crippen molar-refractivity contribution >= 4 is 0 Å². The van der Waals surface area contributed by atoms with E-state index in [9.17, 15) is 0 Å². The molecular weight excluding hydrogens is 126 g/mol. The normalized spacial score (nSPS) is 16.8. The zero-order chi connectivity index (χ0) is 7.40. The van der Waals surface area contributed by atoms with E-state index in [4.69, 9.17) is 10.00 Å². The van der Waals surface area contributed by atoms with Gasteiger partial charge in [0.25, 0.3) is 0 Å². The molecule has 0 amide bonds. The predicted octanol–water partition coefficient (Wildman–Crippen LogP) is 1.57. The number of allylic oxidation sites excluding steroid dienone is 4. The van der Waals surface area contributed by atoms with Crippen molar-refractivity contribution in [2.24, 2.45) is 0 Å². The quantitative estimate of drug-likeness (QED) is 0.545. The molecule has 1 radical (unpaired) electrons. The van der Waals surface area contributed by atoms with E-state index in [0.29, 0.717) is 5.57 Å². The molecule has 10 heavy (non-hydrogen) atoms. The summed E-state index contributed by atoms with van der Waals surface area (Å²) in [5.74, 6) is 0.777. The first-order valence-corrected chi connectivity index (χ1v) is 3.06. The maximum atomic E-state index is 8.47. The highest BCUT2D eigenvalue weighted by Crippen LogP contribution is 2.15. The first-order valence-electron chi connectivity index (χ1n) is 3.06. The van der Waals surface area contributed by atoms with Gasteiger partial charge in [-0.25, -0.2) is 0 Å². The van der Waals surface area contributed by atoms with Gasteiger partial charge in [-0.3, -0.25) is 0 Å². The Labute approximate surface area is 60.4 Å². The first-order chi connectivity index (χ1) is 4.86. The monoisotopic (exact) mass is 134 g/mol. The molecule has 1 aliphatic carbocycles. The summed E-state index contributed by atoms with van der Waals surface area (Å²) >= 11 is 0. The van der Waals surface area contributed by atoms with Gasteiger partial charge >= 0.3 is 0 Å². The number of hydrogen-bond acceptors (Lipinski definition) is 2. The molecule has 0 bridgehead atoms. The van der Waals surface area contributed by atoms with E-state index in [1.165, 1.54) is 0 Å². The van der Waals surface area contributed by atoms with E-state index in [2.05, 4.69) is 6.07 Å². The maximum Gasteiger partial charge on any atom is 0.101 e. The zero-order valence-corrected chi connectivity index (χ0v) is 5.79. The lowest BCUT2D eigenvalue weighted by molar-refractivity contribution is 0.297. The second kappa shape index (κ2) is 3.07. The topological polar surface area (TPSA) is 33.0 Å². The van der Waals surface area contributed by atoms with Crippen molar-refractivity contribution in [3.8, 4) is 6.07 Å². The highest BCUT2D eigenvalue weighted by molar-refractivity contribution is 5.39. The van der Waals surface area contributed by atoms with Gasteiger partial charge in [-0.05, 0) is 12.5 Å². The Morgan fingerprint density at radius 1 is 1.70 bits per heavy atom. The first kappa shape index (κ1) is 6.88. The third kappa shape index (κ3) is 1.38. The molecule has 0 N–H and O–H groups in total. The van der Waals surface area contributed by atoms with Gasteiger partial charge in [0, 0.05) is 6.42 Å². The van der Waals surface area contributed by atoms with E-state index in [1.54, 1.807) is 13.2 Å². The van der Waals surface area contributed by atoms with Crippen molar-refractivity contribution in [1.29, 1.82) is 5.26 Å². The molecule has 0 fully saturated rings. The molecule has 1 aliphatic rings. The fourth-order valence-corrected chi connectivity index (χ4v) is 0.793. The van der Waals surface area contributed by atoms with Crippen molar-refractivity contribution in [2.75, 3.05) is 7.11 Å². The smallest absolute Gasteiger partial charge is 0.101 e. The van der Waals surface area contributed by atoms with Crippen LogP contribution in [0.3, 0.4) is 0 Å². The molecule has 2 heteroatoms. The summed E-state index contributed by atoms with van der Waals surface area (Å²) in [6.07, 6.45) is 6.31. The van der Waals surface area contributed by atoms with Crippen LogP contribution in [0.2, 0.25) is 0 Å². The molecule has 0 heterocycles. The number of methoxy groups -OCH3 is 1. The van der Waals surface area contributed by atoms with Crippen LogP contribution >= 0.6 is 0 Å². The highest BCUT2D eigenvalue weighted by Gasteiger charge is 2.03. The fraction of sp³-hybridized carbons (Fsp3) is 0.250. The van der Waals surface area contributed by atoms with Crippen molar-refractivity contribution < 1.29 is 4.74 Å². The standard InChI is InChI=1S/C8H8NO/c1-10-8-4-2-3-7(5-8)6-9/h3-5H,2H2,1H3. The predicted molar refractivity (Wildman–Crippen MR) is 37.7 cm³/mol. The Hall–Kier alpha value is -1.23. The molecule has 0 spiro atoms. The van der Waals surface area contributed by atoms with Gasteiger partial charge in [0.05, 0.1) is 18.8 Å². The Balaban J connectivity index is 2.73. The number of nitrogens with zero attached hydrogens (tertiary/aromatic N) is 1. The van der Waals surface area contributed by atoms with Gasteiger partial charge in [-0.15, -0.1) is 0 Å². The lowest BCUT2D eigenvalue weighted by atomic mass is 10.1. The van der Waals surface area contributed by atoms with Crippen LogP contribution in [-0.2, 0) is 4.74 Å². The van der Waals surface area contributed by atoms with Gasteiger partial charge in [0.2, 0.25) is 0 Å². The summed E-state index contributed by atoms with van der Waals surface area (Å²) in [5.41, 5.74) is 0.680. The SMILES string of the molecule is COC1=CC(C#N)=CC[CH]1. The van der Waals surface area contributed by atoms with Crippen LogP contribution in [0.25, 0.3) is 0 Å². The van der Waals surface area contributed by atoms with Crippen LogP contribution in [0.15, 0.2) is 23.5 Å². The molecule has 0 aromatic heterocycles. The highest BCUT2D eigenvalue weighted by atomic mass is 16.5. The van der Waals surface area contributed by atoms with Crippen LogP contribution in [0.1, 0.15) is 6.42 Å². The molecule has 2 nitrogen and oxygen atoms in total. The zero-order valence-electron chi connectivity index (χ0n) is 5.79. The second-order valence-electron chi connectivity index (χ2n) is 1.96. The third-order valence-corrected chi connectivity index (χ3v) is 1.32. The molecule has 0 atom stereocenters. The Bertz CT molecular complexity index is 220. The Morgan fingerprint density at radius 2 is 2.50 bits per heavy atom. The van der Waals surface area contributed by atoms with Gasteiger partial charge in [-0.1, -0.05) is 6.08 Å². The van der Waals surface area contributed by atoms with Crippen LogP contribution in [0.5, 0.6) is 0 Å². The lowest BCUT2D eigenvalue weighted by Gasteiger charge is -2.07. The van der Waals surface area contributed by atoms with Crippen LogP contribution in [0.4, 0.5) is 0 Å². The van der Waals surface area contributed by atoms with Crippen LogP contribution in [0, 0.1) is 17.8 Å². The Morgan fingerprint density at radius 3 is 3.10 bits per heavy atom. The molecule has 0 aromatic carbocycles. The molecule has 0 saturated heterocycles. The summed E-state index contributed by atoms with van der Waals surface area (Å²) < 4.78 is 4.94. The molecule has 51 valence electrons. The minimum Gasteiger partial charge on any atom is -0.501 e. The largest absolute Gasteiger partial charge is 0.501 e. The van der Waals surface area contributed by atoms with E-state index < -0.39 is 0 Å². The van der Waals surface area contributed by atoms with E-state index in [-0.39, 0.29) is 0 Å². The molecule has 0 saturated carbocycles. The lowest BCUT2D eigenvalue weighted by Crippen LogP contribution is -1.93. The summed E-state index contributed by atoms with van der Waals surface area (Å²) in [7, 11) is 1.60. The summed E-state index contributed by atoms with van der Waals surface area (Å²) in [6.45, 7) is 0.